The molecule has 108 valence electrons. The number of carboxylic acids is 1. The molecule has 4 N–H and O–H groups in total. The number of carbonyl (C=O) groups excluding carboxylic acids is 2. The van der Waals surface area contributed by atoms with Gasteiger partial charge in [0, 0.05) is 0 Å². The van der Waals surface area contributed by atoms with Gasteiger partial charge in [-0.3, -0.25) is 0 Å². The Morgan fingerprint density at radius 2 is 2.05 bits per heavy atom. The van der Waals surface area contributed by atoms with E-state index >= 15 is 0 Å². The lowest BCUT2D eigenvalue weighted by Gasteiger charge is -2.46. The maximum Gasteiger partial charge on any atom is 0.404 e. The smallest absolute Gasteiger partial charge is 0.404 e. The molecule has 0 aliphatic carbocycles. The number of rotatable bonds is 6. The number of nitrogens with one attached hydrogen (secondary N) is 1. The zero-order chi connectivity index (χ0) is 14.5. The third-order valence-electron chi connectivity index (χ3n) is 2.50. The molecule has 1 aliphatic rings. The molecule has 0 atom stereocenters. The Kier molecular flexibility index (Phi) is 4.93. The minimum atomic E-state index is -1.05. The molecule has 1 rings (SSSR count). The van der Waals surface area contributed by atoms with Gasteiger partial charge in [0.2, 0.25) is 0 Å². The van der Waals surface area contributed by atoms with E-state index in [2.05, 4.69) is 10.1 Å². The normalized spacial score (nSPS) is 16.4. The van der Waals surface area contributed by atoms with Crippen LogP contribution in [0.3, 0.4) is 0 Å². The number of urea groups is 1. The highest BCUT2D eigenvalue weighted by atomic mass is 16.5. The summed E-state index contributed by atoms with van der Waals surface area (Å²) >= 11 is 0. The van der Waals surface area contributed by atoms with Crippen molar-refractivity contribution in [1.29, 1.82) is 0 Å². The van der Waals surface area contributed by atoms with Gasteiger partial charge in [0.15, 0.2) is 0 Å². The van der Waals surface area contributed by atoms with Crippen LogP contribution in [-0.2, 0) is 14.3 Å². The third-order valence-corrected chi connectivity index (χ3v) is 2.50. The van der Waals surface area contributed by atoms with E-state index in [4.69, 9.17) is 15.6 Å². The van der Waals surface area contributed by atoms with Crippen LogP contribution < -0.4 is 11.1 Å². The summed E-state index contributed by atoms with van der Waals surface area (Å²) < 4.78 is 9.60. The molecule has 0 spiro atoms. The Morgan fingerprint density at radius 1 is 1.42 bits per heavy atom. The molecule has 3 amide bonds. The van der Waals surface area contributed by atoms with Crippen LogP contribution in [0.1, 0.15) is 6.92 Å². The number of nitrogens with zero attached hydrogens (tertiary/aromatic N) is 1. The summed E-state index contributed by atoms with van der Waals surface area (Å²) in [4.78, 5) is 33.7. The van der Waals surface area contributed by atoms with E-state index in [0.717, 1.165) is 0 Å². The van der Waals surface area contributed by atoms with Crippen LogP contribution in [0.5, 0.6) is 0 Å². The van der Waals surface area contributed by atoms with Crippen LogP contribution in [0.4, 0.5) is 9.59 Å². The minimum Gasteiger partial charge on any atom is -0.480 e. The number of amides is 3. The Balaban J connectivity index is 2.16. The molecule has 0 radical (unpaired) electrons. The Labute approximate surface area is 109 Å². The van der Waals surface area contributed by atoms with Gasteiger partial charge >= 0.3 is 18.1 Å². The van der Waals surface area contributed by atoms with Crippen molar-refractivity contribution < 1.29 is 29.0 Å². The number of nitrogens with two attached hydrogens (primary N) is 1. The molecule has 1 aliphatic heterocycles. The van der Waals surface area contributed by atoms with Crippen LogP contribution in [0.2, 0.25) is 0 Å². The highest BCUT2D eigenvalue weighted by Gasteiger charge is 2.42. The topological polar surface area (TPSA) is 131 Å². The van der Waals surface area contributed by atoms with Crippen molar-refractivity contribution in [3.63, 3.8) is 0 Å². The largest absolute Gasteiger partial charge is 0.480 e. The highest BCUT2D eigenvalue weighted by Crippen LogP contribution is 2.24. The molecule has 19 heavy (non-hydrogen) atoms. The van der Waals surface area contributed by atoms with Gasteiger partial charge in [-0.05, 0) is 6.92 Å². The van der Waals surface area contributed by atoms with E-state index in [9.17, 15) is 14.4 Å². The van der Waals surface area contributed by atoms with Crippen LogP contribution in [0, 0.1) is 0 Å². The Morgan fingerprint density at radius 3 is 2.58 bits per heavy atom. The number of primary amides is 1. The zero-order valence-electron chi connectivity index (χ0n) is 10.5. The molecular weight excluding hydrogens is 258 g/mol. The SMILES string of the molecule is CC1(OCC(=O)O)CN(C(=O)NCCOC(N)=O)C1. The van der Waals surface area contributed by atoms with Crippen molar-refractivity contribution in [2.24, 2.45) is 5.73 Å². The fraction of sp³-hybridized carbons (Fsp3) is 0.700. The lowest BCUT2D eigenvalue weighted by Crippen LogP contribution is -2.65. The van der Waals surface area contributed by atoms with Crippen molar-refractivity contribution in [2.75, 3.05) is 32.8 Å². The molecule has 0 bridgehead atoms. The van der Waals surface area contributed by atoms with Gasteiger partial charge in [-0.2, -0.15) is 0 Å². The first-order chi connectivity index (χ1) is 8.82. The summed E-state index contributed by atoms with van der Waals surface area (Å²) in [6.45, 7) is 2.12. The zero-order valence-corrected chi connectivity index (χ0v) is 10.5. The second kappa shape index (κ2) is 6.23. The summed E-state index contributed by atoms with van der Waals surface area (Å²) in [7, 11) is 0. The molecule has 1 saturated heterocycles. The molecule has 1 heterocycles. The van der Waals surface area contributed by atoms with Gasteiger partial charge in [0.1, 0.15) is 18.8 Å². The van der Waals surface area contributed by atoms with Gasteiger partial charge < -0.3 is 30.5 Å². The number of ether oxygens (including phenoxy) is 2. The minimum absolute atomic E-state index is 0.00168. The van der Waals surface area contributed by atoms with Crippen LogP contribution in [-0.4, -0.2) is 66.5 Å². The molecule has 0 saturated carbocycles. The van der Waals surface area contributed by atoms with Crippen molar-refractivity contribution >= 4 is 18.1 Å². The average molecular weight is 275 g/mol. The molecule has 0 aromatic carbocycles. The van der Waals surface area contributed by atoms with Crippen LogP contribution in [0.15, 0.2) is 0 Å². The standard InChI is InChI=1S/C10H17N3O6/c1-10(19-4-7(14)15)5-13(6-10)9(17)12-2-3-18-8(11)16/h2-6H2,1H3,(H2,11,16)(H,12,17)(H,14,15). The summed E-state index contributed by atoms with van der Waals surface area (Å²) in [5.74, 6) is -1.05. The molecule has 1 fully saturated rings. The number of likely N-dealkylation sites (tertiary alicyclic amines) is 1. The van der Waals surface area contributed by atoms with Gasteiger partial charge in [0.25, 0.3) is 0 Å². The van der Waals surface area contributed by atoms with Gasteiger partial charge in [0.05, 0.1) is 19.6 Å². The molecule has 0 aromatic rings. The third kappa shape index (κ3) is 5.00. The maximum atomic E-state index is 11.6. The monoisotopic (exact) mass is 275 g/mol. The molecule has 0 aromatic heterocycles. The van der Waals surface area contributed by atoms with Gasteiger partial charge in [-0.15, -0.1) is 0 Å². The van der Waals surface area contributed by atoms with E-state index in [1.807, 2.05) is 0 Å². The Hall–Kier alpha value is -2.03. The predicted molar refractivity (Wildman–Crippen MR) is 62.5 cm³/mol. The summed E-state index contributed by atoms with van der Waals surface area (Å²) in [6, 6.07) is -0.329. The first-order valence-corrected chi connectivity index (χ1v) is 5.63. The van der Waals surface area contributed by atoms with E-state index in [1.165, 1.54) is 4.90 Å². The number of hydrogen-bond donors (Lipinski definition) is 3. The summed E-state index contributed by atoms with van der Waals surface area (Å²) in [5.41, 5.74) is 4.13. The van der Waals surface area contributed by atoms with E-state index in [0.29, 0.717) is 13.1 Å². The molecule has 0 unspecified atom stereocenters. The Bertz CT molecular complexity index is 366. The first kappa shape index (κ1) is 15.0. The second-order valence-electron chi connectivity index (χ2n) is 4.39. The van der Waals surface area contributed by atoms with Gasteiger partial charge in [-0.25, -0.2) is 14.4 Å². The lowest BCUT2D eigenvalue weighted by molar-refractivity contribution is -0.159. The van der Waals surface area contributed by atoms with E-state index in [-0.39, 0.29) is 19.2 Å². The molecule has 9 heteroatoms. The average Bonchev–Trinajstić information content (AvgIpc) is 2.28. The first-order valence-electron chi connectivity index (χ1n) is 5.63. The second-order valence-corrected chi connectivity index (χ2v) is 4.39. The van der Waals surface area contributed by atoms with E-state index < -0.39 is 24.3 Å². The predicted octanol–water partition coefficient (Wildman–Crippen LogP) is -1.03. The number of carbonyl (C=O) groups is 3. The fourth-order valence-corrected chi connectivity index (χ4v) is 1.65. The van der Waals surface area contributed by atoms with Crippen molar-refractivity contribution in [1.82, 2.24) is 10.2 Å². The lowest BCUT2D eigenvalue weighted by atomic mass is 9.97. The number of aliphatic carboxylic acids is 1. The summed E-state index contributed by atoms with van der Waals surface area (Å²) in [5, 5.41) is 11.0. The van der Waals surface area contributed by atoms with Crippen molar-refractivity contribution in [3.8, 4) is 0 Å². The molecule has 9 nitrogen and oxygen atoms in total. The number of hydrogen-bond acceptors (Lipinski definition) is 5. The maximum absolute atomic E-state index is 11.6. The van der Waals surface area contributed by atoms with Gasteiger partial charge in [-0.1, -0.05) is 0 Å². The fourth-order valence-electron chi connectivity index (χ4n) is 1.65. The summed E-state index contributed by atoms with van der Waals surface area (Å²) in [6.07, 6.45) is -0.896. The van der Waals surface area contributed by atoms with Crippen molar-refractivity contribution in [3.05, 3.63) is 0 Å². The highest BCUT2D eigenvalue weighted by molar-refractivity contribution is 5.75. The number of carboxylic acid groups (broad SMARTS) is 1. The quantitative estimate of drug-likeness (QED) is 0.531. The van der Waals surface area contributed by atoms with E-state index in [1.54, 1.807) is 6.92 Å². The van der Waals surface area contributed by atoms with Crippen molar-refractivity contribution in [2.45, 2.75) is 12.5 Å². The van der Waals surface area contributed by atoms with Crippen LogP contribution >= 0.6 is 0 Å². The molecular formula is C10H17N3O6. The van der Waals surface area contributed by atoms with Crippen LogP contribution in [0.25, 0.3) is 0 Å².